The van der Waals surface area contributed by atoms with Crippen LogP contribution in [0.25, 0.3) is 0 Å². The Morgan fingerprint density at radius 1 is 1.00 bits per heavy atom. The lowest BCUT2D eigenvalue weighted by Crippen LogP contribution is -2.33. The first-order valence-corrected chi connectivity index (χ1v) is 11.1. The Morgan fingerprint density at radius 2 is 1.68 bits per heavy atom. The molecule has 0 amide bonds. The van der Waals surface area contributed by atoms with Crippen molar-refractivity contribution in [1.29, 1.82) is 0 Å². The Labute approximate surface area is 174 Å². The van der Waals surface area contributed by atoms with E-state index in [1.54, 1.807) is 0 Å². The largest absolute Gasteiger partial charge is 0.376 e. The minimum Gasteiger partial charge on any atom is -0.376 e. The molecule has 0 spiro atoms. The van der Waals surface area contributed by atoms with Crippen LogP contribution in [0.15, 0.2) is 54.6 Å². The van der Waals surface area contributed by atoms with Crippen LogP contribution in [0.5, 0.6) is 0 Å². The molecule has 0 aliphatic heterocycles. The molecule has 0 radical (unpaired) electrons. The van der Waals surface area contributed by atoms with Crippen molar-refractivity contribution >= 4 is 0 Å². The quantitative estimate of drug-likeness (QED) is 0.301. The van der Waals surface area contributed by atoms with E-state index in [1.807, 2.05) is 0 Å². The molecule has 0 saturated heterocycles. The lowest BCUT2D eigenvalue weighted by atomic mass is 10.0. The summed E-state index contributed by atoms with van der Waals surface area (Å²) in [4.78, 5) is 2.56. The van der Waals surface area contributed by atoms with Crippen LogP contribution in [-0.2, 0) is 11.3 Å². The Morgan fingerprint density at radius 3 is 2.32 bits per heavy atom. The van der Waals surface area contributed by atoms with Crippen LogP contribution in [0.2, 0.25) is 0 Å². The second-order valence-corrected chi connectivity index (χ2v) is 8.74. The summed E-state index contributed by atoms with van der Waals surface area (Å²) in [6.07, 6.45) is 14.5. The van der Waals surface area contributed by atoms with E-state index < -0.39 is 0 Å². The van der Waals surface area contributed by atoms with Gasteiger partial charge in [-0.2, -0.15) is 0 Å². The van der Waals surface area contributed by atoms with Gasteiger partial charge in [0.25, 0.3) is 0 Å². The average Bonchev–Trinajstić information content (AvgIpc) is 2.65. The van der Waals surface area contributed by atoms with E-state index in [1.165, 1.54) is 12.0 Å². The van der Waals surface area contributed by atoms with Gasteiger partial charge in [-0.05, 0) is 51.0 Å². The Bertz CT molecular complexity index is 545. The zero-order chi connectivity index (χ0) is 20.7. The minimum absolute atomic E-state index is 0.0669. The lowest BCUT2D eigenvalue weighted by Gasteiger charge is -2.30. The number of rotatable bonds is 15. The van der Waals surface area contributed by atoms with Gasteiger partial charge in [-0.3, -0.25) is 4.90 Å². The third kappa shape index (κ3) is 12.9. The van der Waals surface area contributed by atoms with E-state index in [9.17, 15) is 0 Å². The van der Waals surface area contributed by atoms with E-state index in [2.05, 4.69) is 94.2 Å². The molecule has 2 nitrogen and oxygen atoms in total. The maximum atomic E-state index is 6.17. The van der Waals surface area contributed by atoms with Crippen LogP contribution < -0.4 is 0 Å². The summed E-state index contributed by atoms with van der Waals surface area (Å²) in [6, 6.07) is 10.8. The fourth-order valence-corrected chi connectivity index (χ4v) is 2.96. The zero-order valence-corrected chi connectivity index (χ0v) is 19.0. The molecule has 0 N–H and O–H groups in total. The number of hydrogen-bond donors (Lipinski definition) is 0. The molecule has 0 bridgehead atoms. The second-order valence-electron chi connectivity index (χ2n) is 8.74. The fraction of sp³-hybridized carbons (Fsp3) is 0.615. The summed E-state index contributed by atoms with van der Waals surface area (Å²) in [6.45, 7) is 15.2. The summed E-state index contributed by atoms with van der Waals surface area (Å²) < 4.78 is 6.17. The number of unbranched alkanes of at least 4 members (excludes halogenated alkanes) is 1. The summed E-state index contributed by atoms with van der Waals surface area (Å²) in [5.74, 6) is 0.698. The van der Waals surface area contributed by atoms with E-state index in [0.29, 0.717) is 5.92 Å². The number of benzene rings is 1. The van der Waals surface area contributed by atoms with Gasteiger partial charge in [-0.25, -0.2) is 0 Å². The van der Waals surface area contributed by atoms with Gasteiger partial charge in [0.15, 0.2) is 0 Å². The van der Waals surface area contributed by atoms with E-state index in [4.69, 9.17) is 4.74 Å². The van der Waals surface area contributed by atoms with Crippen LogP contribution >= 0.6 is 0 Å². The molecule has 0 aliphatic rings. The molecule has 1 aromatic rings. The predicted octanol–water partition coefficient (Wildman–Crippen LogP) is 7.02. The van der Waals surface area contributed by atoms with Crippen molar-refractivity contribution in [2.24, 2.45) is 5.92 Å². The van der Waals surface area contributed by atoms with Gasteiger partial charge in [0.2, 0.25) is 0 Å². The Kier molecular flexibility index (Phi) is 12.9. The van der Waals surface area contributed by atoms with Gasteiger partial charge in [-0.1, -0.05) is 81.8 Å². The number of nitrogens with zero attached hydrogens (tertiary/aromatic N) is 1. The number of allylic oxidation sites excluding steroid dienone is 3. The molecule has 1 aromatic carbocycles. The highest BCUT2D eigenvalue weighted by Crippen LogP contribution is 2.18. The third-order valence-electron chi connectivity index (χ3n) is 4.92. The van der Waals surface area contributed by atoms with Gasteiger partial charge in [0.1, 0.15) is 0 Å². The summed E-state index contributed by atoms with van der Waals surface area (Å²) in [7, 11) is 0. The number of hydrogen-bond acceptors (Lipinski definition) is 2. The van der Waals surface area contributed by atoms with Crippen LogP contribution in [-0.4, -0.2) is 30.2 Å². The van der Waals surface area contributed by atoms with Crippen molar-refractivity contribution in [3.63, 3.8) is 0 Å². The standard InChI is InChI=1S/C26H43NO/c1-6-7-8-9-10-11-15-20-27(23-25-16-13-12-14-17-25)21-19-26(4,5)28-22-18-24(2)3/h8-14,16-17,24H,6-7,15,18-23H2,1-5H3. The maximum absolute atomic E-state index is 6.17. The summed E-state index contributed by atoms with van der Waals surface area (Å²) >= 11 is 0. The van der Waals surface area contributed by atoms with Crippen molar-refractivity contribution in [2.75, 3.05) is 19.7 Å². The lowest BCUT2D eigenvalue weighted by molar-refractivity contribution is -0.0334. The van der Waals surface area contributed by atoms with E-state index >= 15 is 0 Å². The fourth-order valence-electron chi connectivity index (χ4n) is 2.96. The van der Waals surface area contributed by atoms with Crippen molar-refractivity contribution in [3.8, 4) is 0 Å². The van der Waals surface area contributed by atoms with Crippen molar-refractivity contribution in [1.82, 2.24) is 4.90 Å². The molecule has 0 fully saturated rings. The molecular weight excluding hydrogens is 342 g/mol. The van der Waals surface area contributed by atoms with Crippen molar-refractivity contribution in [2.45, 2.75) is 78.9 Å². The zero-order valence-electron chi connectivity index (χ0n) is 19.0. The molecule has 2 heteroatoms. The topological polar surface area (TPSA) is 12.5 Å². The molecule has 0 aromatic heterocycles. The molecule has 0 atom stereocenters. The van der Waals surface area contributed by atoms with Crippen LogP contribution in [0.3, 0.4) is 0 Å². The SMILES string of the molecule is CCCC=CC=CCCN(CCC(C)(C)OCCC(C)C)Cc1ccccc1. The first-order chi connectivity index (χ1) is 13.4. The van der Waals surface area contributed by atoms with Crippen LogP contribution in [0.1, 0.15) is 72.3 Å². The third-order valence-corrected chi connectivity index (χ3v) is 4.92. The molecule has 0 saturated carbocycles. The smallest absolute Gasteiger partial charge is 0.0638 e. The number of ether oxygens (including phenoxy) is 1. The monoisotopic (exact) mass is 385 g/mol. The van der Waals surface area contributed by atoms with E-state index in [-0.39, 0.29) is 5.60 Å². The highest BCUT2D eigenvalue weighted by Gasteiger charge is 2.20. The minimum atomic E-state index is -0.0669. The van der Waals surface area contributed by atoms with Gasteiger partial charge in [-0.15, -0.1) is 0 Å². The molecule has 0 heterocycles. The first-order valence-electron chi connectivity index (χ1n) is 11.1. The maximum Gasteiger partial charge on any atom is 0.0638 e. The highest BCUT2D eigenvalue weighted by atomic mass is 16.5. The van der Waals surface area contributed by atoms with Gasteiger partial charge in [0, 0.05) is 26.2 Å². The van der Waals surface area contributed by atoms with Crippen molar-refractivity contribution < 1.29 is 4.74 Å². The predicted molar refractivity (Wildman–Crippen MR) is 124 cm³/mol. The van der Waals surface area contributed by atoms with Gasteiger partial charge < -0.3 is 4.74 Å². The Balaban J connectivity index is 2.52. The molecule has 0 unspecified atom stereocenters. The molecule has 0 aliphatic carbocycles. The van der Waals surface area contributed by atoms with Crippen LogP contribution in [0, 0.1) is 5.92 Å². The average molecular weight is 386 g/mol. The molecule has 158 valence electrons. The first kappa shape index (κ1) is 24.7. The molecule has 28 heavy (non-hydrogen) atoms. The summed E-state index contributed by atoms with van der Waals surface area (Å²) in [5.41, 5.74) is 1.32. The highest BCUT2D eigenvalue weighted by molar-refractivity contribution is 5.14. The molecule has 1 rings (SSSR count). The van der Waals surface area contributed by atoms with Gasteiger partial charge in [0.05, 0.1) is 5.60 Å². The van der Waals surface area contributed by atoms with Crippen molar-refractivity contribution in [3.05, 3.63) is 60.2 Å². The molecular formula is C26H43NO. The van der Waals surface area contributed by atoms with E-state index in [0.717, 1.165) is 51.9 Å². The Hall–Kier alpha value is -1.38. The van der Waals surface area contributed by atoms with Gasteiger partial charge >= 0.3 is 0 Å². The normalized spacial score (nSPS) is 12.8. The summed E-state index contributed by atoms with van der Waals surface area (Å²) in [5, 5.41) is 0. The second kappa shape index (κ2) is 14.6. The van der Waals surface area contributed by atoms with Crippen LogP contribution in [0.4, 0.5) is 0 Å².